The van der Waals surface area contributed by atoms with Gasteiger partial charge >= 0.3 is 0 Å². The summed E-state index contributed by atoms with van der Waals surface area (Å²) < 4.78 is 11.1. The molecule has 0 aromatic heterocycles. The first kappa shape index (κ1) is 10.4. The van der Waals surface area contributed by atoms with Gasteiger partial charge in [-0.25, -0.2) is 0 Å². The highest BCUT2D eigenvalue weighted by atomic mass is 32.2. The van der Waals surface area contributed by atoms with Crippen LogP contribution in [0.2, 0.25) is 0 Å². The first-order valence-corrected chi connectivity index (χ1v) is 5.94. The van der Waals surface area contributed by atoms with Crippen molar-refractivity contribution in [3.63, 3.8) is 0 Å². The number of thioether (sulfide) groups is 1. The van der Waals surface area contributed by atoms with Gasteiger partial charge in [0, 0.05) is 11.8 Å². The lowest BCUT2D eigenvalue weighted by Crippen LogP contribution is -2.08. The fourth-order valence-corrected chi connectivity index (χ4v) is 2.45. The van der Waals surface area contributed by atoms with Crippen LogP contribution in [0.25, 0.3) is 0 Å². The van der Waals surface area contributed by atoms with Gasteiger partial charge in [-0.15, -0.1) is 11.8 Å². The van der Waals surface area contributed by atoms with E-state index in [1.54, 1.807) is 6.08 Å². The summed E-state index contributed by atoms with van der Waals surface area (Å²) in [7, 11) is 0. The third kappa shape index (κ3) is 2.29. The van der Waals surface area contributed by atoms with E-state index < -0.39 is 0 Å². The second-order valence-corrected chi connectivity index (χ2v) is 4.47. The third-order valence-corrected chi connectivity index (χ3v) is 3.35. The molecule has 0 fully saturated rings. The molecule has 0 aliphatic carbocycles. The number of fused-ring (bicyclic) bond motifs is 1. The van der Waals surface area contributed by atoms with Gasteiger partial charge in [0.2, 0.25) is 0 Å². The molecule has 0 radical (unpaired) electrons. The van der Waals surface area contributed by atoms with Crippen LogP contribution in [-0.4, -0.2) is 19.0 Å². The number of ether oxygens (including phenoxy) is 2. The van der Waals surface area contributed by atoms with E-state index in [9.17, 15) is 0 Å². The lowest BCUT2D eigenvalue weighted by molar-refractivity contribution is 0.321. The SMILES string of the molecule is C=CCOc1cc(C)c2c(c1)OCCS2. The molecule has 0 saturated heterocycles. The molecule has 2 nitrogen and oxygen atoms in total. The minimum atomic E-state index is 0.533. The van der Waals surface area contributed by atoms with Gasteiger partial charge in [-0.1, -0.05) is 12.7 Å². The van der Waals surface area contributed by atoms with Crippen LogP contribution >= 0.6 is 11.8 Å². The number of hydrogen-bond donors (Lipinski definition) is 0. The van der Waals surface area contributed by atoms with Crippen molar-refractivity contribution in [3.8, 4) is 11.5 Å². The molecule has 15 heavy (non-hydrogen) atoms. The predicted octanol–water partition coefficient (Wildman–Crippen LogP) is 3.04. The molecule has 0 bridgehead atoms. The summed E-state index contributed by atoms with van der Waals surface area (Å²) in [5.74, 6) is 2.83. The highest BCUT2D eigenvalue weighted by Gasteiger charge is 2.14. The highest BCUT2D eigenvalue weighted by Crippen LogP contribution is 2.38. The van der Waals surface area contributed by atoms with E-state index in [-0.39, 0.29) is 0 Å². The summed E-state index contributed by atoms with van der Waals surface area (Å²) in [6.07, 6.45) is 1.74. The second kappa shape index (κ2) is 4.62. The maximum Gasteiger partial charge on any atom is 0.136 e. The number of hydrogen-bond acceptors (Lipinski definition) is 3. The monoisotopic (exact) mass is 222 g/mol. The van der Waals surface area contributed by atoms with E-state index in [0.29, 0.717) is 6.61 Å². The van der Waals surface area contributed by atoms with E-state index in [1.807, 2.05) is 23.9 Å². The number of benzene rings is 1. The Labute approximate surface area is 94.3 Å². The van der Waals surface area contributed by atoms with Crippen molar-refractivity contribution < 1.29 is 9.47 Å². The zero-order valence-electron chi connectivity index (χ0n) is 8.79. The van der Waals surface area contributed by atoms with Crippen molar-refractivity contribution in [2.75, 3.05) is 19.0 Å². The second-order valence-electron chi connectivity index (χ2n) is 3.36. The van der Waals surface area contributed by atoms with Crippen molar-refractivity contribution in [1.29, 1.82) is 0 Å². The van der Waals surface area contributed by atoms with Crippen LogP contribution in [0, 0.1) is 6.92 Å². The van der Waals surface area contributed by atoms with E-state index in [4.69, 9.17) is 9.47 Å². The molecule has 1 aromatic rings. The molecule has 1 aliphatic heterocycles. The fraction of sp³-hybridized carbons (Fsp3) is 0.333. The molecule has 0 N–H and O–H groups in total. The van der Waals surface area contributed by atoms with Crippen molar-refractivity contribution in [2.45, 2.75) is 11.8 Å². The normalized spacial score (nSPS) is 13.9. The van der Waals surface area contributed by atoms with Crippen LogP contribution in [0.15, 0.2) is 29.7 Å². The average Bonchev–Trinajstić information content (AvgIpc) is 2.26. The molecule has 1 heterocycles. The summed E-state index contributed by atoms with van der Waals surface area (Å²) in [5, 5.41) is 0. The fourth-order valence-electron chi connectivity index (χ4n) is 1.54. The lowest BCUT2D eigenvalue weighted by Gasteiger charge is -2.19. The molecule has 1 aromatic carbocycles. The van der Waals surface area contributed by atoms with Gasteiger partial charge < -0.3 is 9.47 Å². The molecule has 0 saturated carbocycles. The Morgan fingerprint density at radius 1 is 1.60 bits per heavy atom. The van der Waals surface area contributed by atoms with Gasteiger partial charge in [0.1, 0.15) is 18.1 Å². The quantitative estimate of drug-likeness (QED) is 0.732. The highest BCUT2D eigenvalue weighted by molar-refractivity contribution is 7.99. The van der Waals surface area contributed by atoms with Gasteiger partial charge in [0.05, 0.1) is 11.5 Å². The first-order valence-electron chi connectivity index (χ1n) is 4.95. The maximum atomic E-state index is 5.60. The molecule has 0 spiro atoms. The van der Waals surface area contributed by atoms with Crippen molar-refractivity contribution in [3.05, 3.63) is 30.4 Å². The lowest BCUT2D eigenvalue weighted by atomic mass is 10.2. The van der Waals surface area contributed by atoms with Gasteiger partial charge in [-0.2, -0.15) is 0 Å². The van der Waals surface area contributed by atoms with Crippen molar-refractivity contribution in [1.82, 2.24) is 0 Å². The molecule has 1 aliphatic rings. The summed E-state index contributed by atoms with van der Waals surface area (Å²) in [6.45, 7) is 7.02. The Balaban J connectivity index is 2.27. The molecule has 0 atom stereocenters. The Morgan fingerprint density at radius 2 is 2.47 bits per heavy atom. The zero-order chi connectivity index (χ0) is 10.7. The topological polar surface area (TPSA) is 18.5 Å². The smallest absolute Gasteiger partial charge is 0.136 e. The van der Waals surface area contributed by atoms with Gasteiger partial charge in [-0.3, -0.25) is 0 Å². The van der Waals surface area contributed by atoms with Gasteiger partial charge in [0.25, 0.3) is 0 Å². The maximum absolute atomic E-state index is 5.60. The van der Waals surface area contributed by atoms with Crippen LogP contribution < -0.4 is 9.47 Å². The van der Waals surface area contributed by atoms with Crippen molar-refractivity contribution >= 4 is 11.8 Å². The van der Waals surface area contributed by atoms with Crippen LogP contribution in [0.5, 0.6) is 11.5 Å². The molecule has 0 amide bonds. The zero-order valence-corrected chi connectivity index (χ0v) is 9.60. The van der Waals surface area contributed by atoms with E-state index in [2.05, 4.69) is 13.5 Å². The Bertz CT molecular complexity index is 374. The van der Waals surface area contributed by atoms with E-state index in [0.717, 1.165) is 23.9 Å². The average molecular weight is 222 g/mol. The van der Waals surface area contributed by atoms with Crippen LogP contribution in [0.3, 0.4) is 0 Å². The minimum absolute atomic E-state index is 0.533. The minimum Gasteiger partial charge on any atom is -0.491 e. The van der Waals surface area contributed by atoms with Crippen LogP contribution in [-0.2, 0) is 0 Å². The summed E-state index contributed by atoms with van der Waals surface area (Å²) in [6, 6.07) is 4.00. The Kier molecular flexibility index (Phi) is 3.21. The van der Waals surface area contributed by atoms with Gasteiger partial charge in [0.15, 0.2) is 0 Å². The summed E-state index contributed by atoms with van der Waals surface area (Å²) in [5.41, 5.74) is 1.22. The number of rotatable bonds is 3. The van der Waals surface area contributed by atoms with E-state index >= 15 is 0 Å². The number of aryl methyl sites for hydroxylation is 1. The third-order valence-electron chi connectivity index (χ3n) is 2.17. The molecule has 0 unspecified atom stereocenters. The van der Waals surface area contributed by atoms with Crippen LogP contribution in [0.4, 0.5) is 0 Å². The van der Waals surface area contributed by atoms with E-state index in [1.165, 1.54) is 10.5 Å². The standard InChI is InChI=1S/C12H14O2S/c1-3-4-13-10-7-9(2)12-11(8-10)14-5-6-15-12/h3,7-8H,1,4-6H2,2H3. The molecule has 80 valence electrons. The Morgan fingerprint density at radius 3 is 3.27 bits per heavy atom. The first-order chi connectivity index (χ1) is 7.31. The largest absolute Gasteiger partial charge is 0.491 e. The van der Waals surface area contributed by atoms with Crippen LogP contribution in [0.1, 0.15) is 5.56 Å². The van der Waals surface area contributed by atoms with Crippen molar-refractivity contribution in [2.24, 2.45) is 0 Å². The summed E-state index contributed by atoms with van der Waals surface area (Å²) in [4.78, 5) is 1.24. The van der Waals surface area contributed by atoms with Gasteiger partial charge in [-0.05, 0) is 18.6 Å². The molecular formula is C12H14O2S. The summed E-state index contributed by atoms with van der Waals surface area (Å²) >= 11 is 1.85. The predicted molar refractivity (Wildman–Crippen MR) is 63.1 cm³/mol. The molecular weight excluding hydrogens is 208 g/mol. The molecule has 2 rings (SSSR count). The Hall–Kier alpha value is -1.09. The molecule has 3 heteroatoms.